The summed E-state index contributed by atoms with van der Waals surface area (Å²) in [4.78, 5) is 10.5. The van der Waals surface area contributed by atoms with Crippen LogP contribution in [0, 0.1) is 0 Å². The van der Waals surface area contributed by atoms with E-state index < -0.39 is 0 Å². The second-order valence-electron chi connectivity index (χ2n) is 13.4. The third-order valence-electron chi connectivity index (χ3n) is 9.21. The molecule has 4 aromatic carbocycles. The van der Waals surface area contributed by atoms with Crippen LogP contribution in [-0.4, -0.2) is 4.98 Å². The second kappa shape index (κ2) is 12.1. The average molecular weight is 684 g/mol. The van der Waals surface area contributed by atoms with E-state index >= 15 is 0 Å². The summed E-state index contributed by atoms with van der Waals surface area (Å²) in [6, 6.07) is 36.7. The molecule has 0 radical (unpaired) electrons. The Morgan fingerprint density at radius 2 is 0.830 bits per heavy atom. The van der Waals surface area contributed by atoms with Crippen LogP contribution in [0.1, 0.15) is 76.0 Å². The normalized spacial score (nSPS) is 12.2. The molecule has 0 bridgehead atoms. The highest BCUT2D eigenvalue weighted by Crippen LogP contribution is 2.50. The van der Waals surface area contributed by atoms with Crippen LogP contribution in [0.25, 0.3) is 71.6 Å². The van der Waals surface area contributed by atoms with E-state index in [9.17, 15) is 0 Å². The quantitative estimate of drug-likeness (QED) is 0.163. The van der Waals surface area contributed by atoms with E-state index in [1.54, 1.807) is 0 Å². The number of hydrogen-bond acceptors (Lipinski definition) is 5. The van der Waals surface area contributed by atoms with Crippen LogP contribution in [-0.2, 0) is 0 Å². The molecule has 5 heteroatoms. The molecule has 234 valence electrons. The van der Waals surface area contributed by atoms with Gasteiger partial charge >= 0.3 is 0 Å². The van der Waals surface area contributed by atoms with Crippen molar-refractivity contribution in [1.29, 1.82) is 0 Å². The predicted octanol–water partition coefficient (Wildman–Crippen LogP) is 14.8. The molecule has 4 heterocycles. The van der Waals surface area contributed by atoms with Gasteiger partial charge in [0, 0.05) is 25.4 Å². The van der Waals surface area contributed by atoms with Crippen molar-refractivity contribution in [2.75, 3.05) is 0 Å². The van der Waals surface area contributed by atoms with E-state index in [1.807, 2.05) is 45.3 Å². The topological polar surface area (TPSA) is 12.9 Å². The molecule has 0 atom stereocenters. The number of aromatic nitrogens is 1. The molecule has 0 aliphatic carbocycles. The molecule has 8 rings (SSSR count). The summed E-state index contributed by atoms with van der Waals surface area (Å²) in [5, 5.41) is 3.76. The summed E-state index contributed by atoms with van der Waals surface area (Å²) in [6.07, 6.45) is 0. The SMILES string of the molecule is CC(C)c1ccc(-c2ccc(-c3nc4c5sc(-c6ccc(C(C)C)cc6)cc5c5cc(-c6ccc(C(C)C)cc6)sc5c4s3)s2)cc1. The van der Waals surface area contributed by atoms with Crippen molar-refractivity contribution in [1.82, 2.24) is 4.98 Å². The first-order valence-corrected chi connectivity index (χ1v) is 19.7. The van der Waals surface area contributed by atoms with Gasteiger partial charge in [-0.25, -0.2) is 4.98 Å². The number of fused-ring (bicyclic) bond motifs is 6. The standard InChI is InChI=1S/C42H37NS4/c1-23(2)26-7-13-29(14-8-26)34-19-20-35(44-34)42-43-38-39-32(21-36(45-39)30-15-9-27(10-16-30)24(3)4)33-22-37(46-40(33)41(38)47-42)31-17-11-28(12-18-31)25(5)6/h7-25H,1-6H3. The molecular weight excluding hydrogens is 647 g/mol. The highest BCUT2D eigenvalue weighted by molar-refractivity contribution is 7.32. The van der Waals surface area contributed by atoms with Gasteiger partial charge in [-0.15, -0.1) is 45.3 Å². The smallest absolute Gasteiger partial charge is 0.134 e. The molecule has 0 fully saturated rings. The van der Waals surface area contributed by atoms with E-state index in [2.05, 4.69) is 139 Å². The Morgan fingerprint density at radius 1 is 0.404 bits per heavy atom. The first kappa shape index (κ1) is 30.7. The maximum Gasteiger partial charge on any atom is 0.134 e. The molecule has 0 saturated carbocycles. The Bertz CT molecular complexity index is 2230. The van der Waals surface area contributed by atoms with Gasteiger partial charge in [0.1, 0.15) is 10.5 Å². The lowest BCUT2D eigenvalue weighted by atomic mass is 10.0. The summed E-state index contributed by atoms with van der Waals surface area (Å²) in [5.41, 5.74) is 9.11. The van der Waals surface area contributed by atoms with Crippen molar-refractivity contribution in [2.24, 2.45) is 0 Å². The van der Waals surface area contributed by atoms with Crippen molar-refractivity contribution in [3.63, 3.8) is 0 Å². The van der Waals surface area contributed by atoms with E-state index in [1.165, 1.54) is 77.8 Å². The minimum Gasteiger partial charge on any atom is -0.234 e. The summed E-state index contributed by atoms with van der Waals surface area (Å²) >= 11 is 7.49. The van der Waals surface area contributed by atoms with Gasteiger partial charge in [-0.2, -0.15) is 0 Å². The molecule has 0 unspecified atom stereocenters. The van der Waals surface area contributed by atoms with E-state index in [4.69, 9.17) is 4.98 Å². The Balaban J connectivity index is 1.28. The largest absolute Gasteiger partial charge is 0.234 e. The van der Waals surface area contributed by atoms with E-state index in [0.29, 0.717) is 17.8 Å². The maximum absolute atomic E-state index is 5.41. The monoisotopic (exact) mass is 683 g/mol. The fourth-order valence-corrected chi connectivity index (χ4v) is 10.9. The molecule has 4 aromatic heterocycles. The summed E-state index contributed by atoms with van der Waals surface area (Å²) < 4.78 is 3.94. The van der Waals surface area contributed by atoms with Gasteiger partial charge in [0.2, 0.25) is 0 Å². The fourth-order valence-electron chi connectivity index (χ4n) is 6.25. The van der Waals surface area contributed by atoms with Crippen LogP contribution in [0.15, 0.2) is 97.1 Å². The molecule has 0 N–H and O–H groups in total. The molecule has 0 aliphatic heterocycles. The van der Waals surface area contributed by atoms with Crippen LogP contribution in [0.4, 0.5) is 0 Å². The highest BCUT2D eigenvalue weighted by atomic mass is 32.1. The number of benzene rings is 4. The summed E-state index contributed by atoms with van der Waals surface area (Å²) in [5.74, 6) is 1.58. The molecule has 0 aliphatic rings. The van der Waals surface area contributed by atoms with Gasteiger partial charge in [0.15, 0.2) is 0 Å². The molecular formula is C42H37NS4. The first-order chi connectivity index (χ1) is 22.7. The molecule has 8 aromatic rings. The molecule has 0 amide bonds. The molecule has 47 heavy (non-hydrogen) atoms. The maximum atomic E-state index is 5.41. The van der Waals surface area contributed by atoms with Crippen molar-refractivity contribution in [3.05, 3.63) is 114 Å². The predicted molar refractivity (Wildman–Crippen MR) is 212 cm³/mol. The Morgan fingerprint density at radius 3 is 1.32 bits per heavy atom. The van der Waals surface area contributed by atoms with Crippen LogP contribution in [0.2, 0.25) is 0 Å². The zero-order chi connectivity index (χ0) is 32.4. The number of hydrogen-bond donors (Lipinski definition) is 0. The third kappa shape index (κ3) is 5.57. The molecule has 0 saturated heterocycles. The minimum atomic E-state index is 0.523. The number of thiazole rings is 1. The minimum absolute atomic E-state index is 0.523. The van der Waals surface area contributed by atoms with Crippen molar-refractivity contribution < 1.29 is 0 Å². The molecule has 0 spiro atoms. The van der Waals surface area contributed by atoms with Gasteiger partial charge in [0.05, 0.1) is 19.0 Å². The van der Waals surface area contributed by atoms with Gasteiger partial charge in [0.25, 0.3) is 0 Å². The van der Waals surface area contributed by atoms with Crippen molar-refractivity contribution in [2.45, 2.75) is 59.3 Å². The lowest BCUT2D eigenvalue weighted by Gasteiger charge is -2.05. The number of rotatable bonds is 7. The van der Waals surface area contributed by atoms with Crippen molar-refractivity contribution in [3.8, 4) is 41.2 Å². The first-order valence-electron chi connectivity index (χ1n) is 16.4. The number of thiophene rings is 3. The Hall–Kier alpha value is -3.61. The Labute approximate surface area is 293 Å². The van der Waals surface area contributed by atoms with Crippen molar-refractivity contribution >= 4 is 75.7 Å². The second-order valence-corrected chi connectivity index (χ2v) is 17.6. The van der Waals surface area contributed by atoms with Crippen LogP contribution >= 0.6 is 45.3 Å². The average Bonchev–Trinajstić information content (AvgIpc) is 3.89. The van der Waals surface area contributed by atoms with Gasteiger partial charge < -0.3 is 0 Å². The molecule has 1 nitrogen and oxygen atoms in total. The lowest BCUT2D eigenvalue weighted by molar-refractivity contribution is 0.867. The van der Waals surface area contributed by atoms with Gasteiger partial charge in [-0.3, -0.25) is 0 Å². The zero-order valence-electron chi connectivity index (χ0n) is 27.5. The van der Waals surface area contributed by atoms with E-state index in [0.717, 1.165) is 10.5 Å². The van der Waals surface area contributed by atoms with Crippen LogP contribution < -0.4 is 0 Å². The number of nitrogens with zero attached hydrogens (tertiary/aromatic N) is 1. The van der Waals surface area contributed by atoms with Gasteiger partial charge in [-0.1, -0.05) is 114 Å². The third-order valence-corrected chi connectivity index (χ3v) is 14.1. The summed E-state index contributed by atoms with van der Waals surface area (Å²) in [6.45, 7) is 13.5. The van der Waals surface area contributed by atoms with Crippen LogP contribution in [0.5, 0.6) is 0 Å². The lowest BCUT2D eigenvalue weighted by Crippen LogP contribution is -1.85. The highest BCUT2D eigenvalue weighted by Gasteiger charge is 2.21. The zero-order valence-corrected chi connectivity index (χ0v) is 30.8. The van der Waals surface area contributed by atoms with Crippen LogP contribution in [0.3, 0.4) is 0 Å². The van der Waals surface area contributed by atoms with E-state index in [-0.39, 0.29) is 0 Å². The fraction of sp³-hybridized carbons (Fsp3) is 0.214. The van der Waals surface area contributed by atoms with Gasteiger partial charge in [-0.05, 0) is 75.4 Å². The summed E-state index contributed by atoms with van der Waals surface area (Å²) in [7, 11) is 0. The Kier molecular flexibility index (Phi) is 7.92.